The minimum atomic E-state index is -0.340. The van der Waals surface area contributed by atoms with Crippen LogP contribution in [-0.4, -0.2) is 43.1 Å². The number of likely N-dealkylation sites (tertiary alicyclic amines) is 1. The number of rotatable bonds is 2. The molecule has 0 radical (unpaired) electrons. The Hall–Kier alpha value is -1.52. The lowest BCUT2D eigenvalue weighted by Crippen LogP contribution is -2.49. The zero-order chi connectivity index (χ0) is 11.3. The molecule has 1 aliphatic rings. The van der Waals surface area contributed by atoms with Crippen LogP contribution in [0.1, 0.15) is 12.8 Å². The quantitative estimate of drug-likeness (QED) is 0.679. The number of nitrogens with zero attached hydrogens (tertiary/aromatic N) is 1. The Labute approximate surface area is 89.1 Å². The highest BCUT2D eigenvalue weighted by Crippen LogP contribution is 2.10. The summed E-state index contributed by atoms with van der Waals surface area (Å²) in [5.41, 5.74) is 0. The van der Waals surface area contributed by atoms with E-state index in [-0.39, 0.29) is 18.0 Å². The van der Waals surface area contributed by atoms with Gasteiger partial charge >= 0.3 is 6.09 Å². The molecule has 5 nitrogen and oxygen atoms in total. The van der Waals surface area contributed by atoms with E-state index in [9.17, 15) is 9.59 Å². The van der Waals surface area contributed by atoms with E-state index in [0.717, 1.165) is 12.8 Å². The van der Waals surface area contributed by atoms with Gasteiger partial charge in [-0.05, 0) is 18.9 Å². The van der Waals surface area contributed by atoms with Crippen molar-refractivity contribution in [1.29, 1.82) is 0 Å². The van der Waals surface area contributed by atoms with E-state index in [0.29, 0.717) is 13.1 Å². The van der Waals surface area contributed by atoms with E-state index in [1.165, 1.54) is 13.2 Å². The van der Waals surface area contributed by atoms with Crippen molar-refractivity contribution in [2.24, 2.45) is 0 Å². The largest absolute Gasteiger partial charge is 0.453 e. The molecule has 1 N–H and O–H groups in total. The Balaban J connectivity index is 2.45. The number of nitrogens with one attached hydrogen (secondary N) is 1. The molecule has 15 heavy (non-hydrogen) atoms. The number of piperidine rings is 1. The van der Waals surface area contributed by atoms with Gasteiger partial charge < -0.3 is 15.0 Å². The van der Waals surface area contributed by atoms with Crippen LogP contribution in [0.4, 0.5) is 4.79 Å². The van der Waals surface area contributed by atoms with Crippen LogP contribution >= 0.6 is 0 Å². The minimum Gasteiger partial charge on any atom is -0.453 e. The summed E-state index contributed by atoms with van der Waals surface area (Å²) in [6.45, 7) is 4.57. The fourth-order valence-corrected chi connectivity index (χ4v) is 1.65. The Bertz CT molecular complexity index is 265. The maximum atomic E-state index is 11.2. The van der Waals surface area contributed by atoms with Gasteiger partial charge in [-0.25, -0.2) is 4.79 Å². The fourth-order valence-electron chi connectivity index (χ4n) is 1.65. The summed E-state index contributed by atoms with van der Waals surface area (Å²) in [7, 11) is 1.36. The third-order valence-electron chi connectivity index (χ3n) is 2.39. The number of ether oxygens (including phenoxy) is 1. The molecule has 1 atom stereocenters. The topological polar surface area (TPSA) is 58.6 Å². The van der Waals surface area contributed by atoms with Gasteiger partial charge in [0.25, 0.3) is 0 Å². The van der Waals surface area contributed by atoms with Gasteiger partial charge in [0, 0.05) is 19.1 Å². The maximum absolute atomic E-state index is 11.2. The average Bonchev–Trinajstić information content (AvgIpc) is 2.28. The summed E-state index contributed by atoms with van der Waals surface area (Å²) < 4.78 is 4.62. The molecule has 1 unspecified atom stereocenters. The number of amides is 2. The minimum absolute atomic E-state index is 0.00310. The first-order chi connectivity index (χ1) is 7.17. The first-order valence-electron chi connectivity index (χ1n) is 4.93. The summed E-state index contributed by atoms with van der Waals surface area (Å²) in [6.07, 6.45) is 2.65. The molecule has 84 valence electrons. The molecule has 1 fully saturated rings. The van der Waals surface area contributed by atoms with Crippen molar-refractivity contribution in [1.82, 2.24) is 10.2 Å². The highest BCUT2D eigenvalue weighted by Gasteiger charge is 2.24. The summed E-state index contributed by atoms with van der Waals surface area (Å²) in [5.74, 6) is -0.202. The van der Waals surface area contributed by atoms with Gasteiger partial charge in [0.1, 0.15) is 0 Å². The van der Waals surface area contributed by atoms with E-state index >= 15 is 0 Å². The monoisotopic (exact) mass is 212 g/mol. The number of methoxy groups -OCH3 is 1. The third kappa shape index (κ3) is 3.27. The highest BCUT2D eigenvalue weighted by atomic mass is 16.5. The van der Waals surface area contributed by atoms with Crippen LogP contribution in [0, 0.1) is 0 Å². The molecular formula is C10H16N2O3. The van der Waals surface area contributed by atoms with Crippen LogP contribution in [-0.2, 0) is 9.53 Å². The molecule has 1 aliphatic heterocycles. The first kappa shape index (κ1) is 11.6. The second-order valence-electron chi connectivity index (χ2n) is 3.47. The van der Waals surface area contributed by atoms with Crippen LogP contribution in [0.2, 0.25) is 0 Å². The van der Waals surface area contributed by atoms with E-state index in [1.807, 2.05) is 0 Å². The Morgan fingerprint density at radius 1 is 1.60 bits per heavy atom. The second-order valence-corrected chi connectivity index (χ2v) is 3.47. The molecule has 0 aromatic carbocycles. The highest BCUT2D eigenvalue weighted by molar-refractivity contribution is 5.87. The van der Waals surface area contributed by atoms with Gasteiger partial charge in [-0.15, -0.1) is 0 Å². The fraction of sp³-hybridized carbons (Fsp3) is 0.600. The van der Waals surface area contributed by atoms with Crippen LogP contribution < -0.4 is 5.32 Å². The van der Waals surface area contributed by atoms with E-state index in [1.54, 1.807) is 4.90 Å². The standard InChI is InChI=1S/C10H16N2O3/c1-3-9(13)11-8-5-4-6-12(7-8)10(14)15-2/h3,8H,1,4-7H2,2H3,(H,11,13). The Kier molecular flexibility index (Phi) is 4.15. The van der Waals surface area contributed by atoms with Crippen molar-refractivity contribution in [3.63, 3.8) is 0 Å². The third-order valence-corrected chi connectivity index (χ3v) is 2.39. The molecule has 2 amide bonds. The molecule has 0 aliphatic carbocycles. The zero-order valence-corrected chi connectivity index (χ0v) is 8.86. The van der Waals surface area contributed by atoms with Gasteiger partial charge in [0.2, 0.25) is 5.91 Å². The Morgan fingerprint density at radius 3 is 2.93 bits per heavy atom. The van der Waals surface area contributed by atoms with Crippen molar-refractivity contribution in [3.05, 3.63) is 12.7 Å². The van der Waals surface area contributed by atoms with Gasteiger partial charge in [-0.3, -0.25) is 4.79 Å². The van der Waals surface area contributed by atoms with Crippen LogP contribution in [0.15, 0.2) is 12.7 Å². The van der Waals surface area contributed by atoms with Gasteiger partial charge in [-0.1, -0.05) is 6.58 Å². The normalized spacial score (nSPS) is 20.6. The number of carbonyl (C=O) groups is 2. The van der Waals surface area contributed by atoms with Crippen molar-refractivity contribution >= 4 is 12.0 Å². The average molecular weight is 212 g/mol. The van der Waals surface area contributed by atoms with Crippen molar-refractivity contribution in [2.75, 3.05) is 20.2 Å². The molecule has 1 heterocycles. The zero-order valence-electron chi connectivity index (χ0n) is 8.86. The van der Waals surface area contributed by atoms with E-state index in [2.05, 4.69) is 16.6 Å². The number of hydrogen-bond donors (Lipinski definition) is 1. The molecule has 0 aromatic heterocycles. The summed E-state index contributed by atoms with van der Waals surface area (Å²) >= 11 is 0. The summed E-state index contributed by atoms with van der Waals surface area (Å²) in [5, 5.41) is 2.77. The summed E-state index contributed by atoms with van der Waals surface area (Å²) in [6, 6.07) is 0.00310. The van der Waals surface area contributed by atoms with Crippen molar-refractivity contribution in [2.45, 2.75) is 18.9 Å². The van der Waals surface area contributed by atoms with Crippen molar-refractivity contribution < 1.29 is 14.3 Å². The molecule has 5 heteroatoms. The molecule has 0 saturated carbocycles. The van der Waals surface area contributed by atoms with Gasteiger partial charge in [0.05, 0.1) is 7.11 Å². The molecule has 1 rings (SSSR count). The molecule has 0 spiro atoms. The lowest BCUT2D eigenvalue weighted by molar-refractivity contribution is -0.117. The molecule has 1 saturated heterocycles. The number of hydrogen-bond acceptors (Lipinski definition) is 3. The number of carbonyl (C=O) groups excluding carboxylic acids is 2. The molecular weight excluding hydrogens is 196 g/mol. The smallest absolute Gasteiger partial charge is 0.409 e. The van der Waals surface area contributed by atoms with Crippen molar-refractivity contribution in [3.8, 4) is 0 Å². The predicted molar refractivity (Wildman–Crippen MR) is 55.3 cm³/mol. The molecule has 0 bridgehead atoms. The first-order valence-corrected chi connectivity index (χ1v) is 4.93. The van der Waals surface area contributed by atoms with E-state index in [4.69, 9.17) is 0 Å². The molecule has 0 aromatic rings. The maximum Gasteiger partial charge on any atom is 0.409 e. The van der Waals surface area contributed by atoms with E-state index < -0.39 is 0 Å². The van der Waals surface area contributed by atoms with Gasteiger partial charge in [0.15, 0.2) is 0 Å². The van der Waals surface area contributed by atoms with Crippen LogP contribution in [0.5, 0.6) is 0 Å². The SMILES string of the molecule is C=CC(=O)NC1CCCN(C(=O)OC)C1. The summed E-state index contributed by atoms with van der Waals surface area (Å²) in [4.78, 5) is 23.9. The Morgan fingerprint density at radius 2 is 2.33 bits per heavy atom. The van der Waals surface area contributed by atoms with Crippen LogP contribution in [0.3, 0.4) is 0 Å². The van der Waals surface area contributed by atoms with Gasteiger partial charge in [-0.2, -0.15) is 0 Å². The van der Waals surface area contributed by atoms with Crippen LogP contribution in [0.25, 0.3) is 0 Å². The second kappa shape index (κ2) is 5.38. The predicted octanol–water partition coefficient (Wildman–Crippen LogP) is 0.519. The lowest BCUT2D eigenvalue weighted by atomic mass is 10.1. The lowest BCUT2D eigenvalue weighted by Gasteiger charge is -2.31.